The molecule has 5 nitrogen and oxygen atoms in total. The van der Waals surface area contributed by atoms with Gasteiger partial charge in [0.25, 0.3) is 0 Å². The first-order valence-electron chi connectivity index (χ1n) is 9.10. The molecule has 0 saturated carbocycles. The Labute approximate surface area is 150 Å². The zero-order valence-electron chi connectivity index (χ0n) is 15.1. The minimum absolute atomic E-state index is 0.129. The summed E-state index contributed by atoms with van der Waals surface area (Å²) in [5.41, 5.74) is 1.91. The third-order valence-corrected chi connectivity index (χ3v) is 7.32. The lowest BCUT2D eigenvalue weighted by Crippen LogP contribution is -2.57. The van der Waals surface area contributed by atoms with E-state index in [2.05, 4.69) is 19.1 Å². The van der Waals surface area contributed by atoms with E-state index in [1.165, 1.54) is 5.56 Å². The maximum Gasteiger partial charge on any atom is 0.230 e. The molecule has 2 heterocycles. The van der Waals surface area contributed by atoms with Crippen molar-refractivity contribution >= 4 is 15.6 Å². The van der Waals surface area contributed by atoms with Crippen molar-refractivity contribution in [2.45, 2.75) is 44.6 Å². The molecule has 2 fully saturated rings. The molecule has 1 aromatic carbocycles. The monoisotopic (exact) mass is 364 g/mol. The minimum Gasteiger partial charge on any atom is -0.371 e. The van der Waals surface area contributed by atoms with Crippen LogP contribution in [0.2, 0.25) is 0 Å². The summed E-state index contributed by atoms with van der Waals surface area (Å²) in [7, 11) is -2.45. The number of amides is 1. The van der Waals surface area contributed by atoms with Crippen LogP contribution >= 0.6 is 0 Å². The number of aryl methyl sites for hydroxylation is 1. The molecule has 1 N–H and O–H groups in total. The number of nitrogens with zero attached hydrogens (tertiary/aromatic N) is 1. The number of nitrogens with one attached hydrogen (secondary N) is 1. The summed E-state index contributed by atoms with van der Waals surface area (Å²) in [6.07, 6.45) is 2.21. The van der Waals surface area contributed by atoms with Gasteiger partial charge in [0, 0.05) is 34.3 Å². The second kappa shape index (κ2) is 7.08. The van der Waals surface area contributed by atoms with Crippen molar-refractivity contribution in [1.82, 2.24) is 4.90 Å². The first kappa shape index (κ1) is 18.4. The van der Waals surface area contributed by atoms with Gasteiger partial charge in [-0.3, -0.25) is 9.57 Å². The average molecular weight is 365 g/mol. The molecule has 2 aliphatic heterocycles. The number of carbonyl (C=O) groups is 1. The molecule has 25 heavy (non-hydrogen) atoms. The summed E-state index contributed by atoms with van der Waals surface area (Å²) >= 11 is 0. The van der Waals surface area contributed by atoms with E-state index in [4.69, 9.17) is 9.52 Å². The van der Waals surface area contributed by atoms with Gasteiger partial charge in [0.1, 0.15) is 0 Å². The Hall–Kier alpha value is -1.40. The van der Waals surface area contributed by atoms with Gasteiger partial charge in [-0.05, 0) is 37.3 Å². The molecule has 0 aliphatic carbocycles. The van der Waals surface area contributed by atoms with Crippen LogP contribution < -0.4 is 0 Å². The lowest BCUT2D eigenvalue weighted by Gasteiger charge is -2.45. The fourth-order valence-electron chi connectivity index (χ4n) is 3.72. The van der Waals surface area contributed by atoms with Crippen LogP contribution in [0.3, 0.4) is 0 Å². The molecule has 1 aromatic rings. The van der Waals surface area contributed by atoms with Crippen LogP contribution in [-0.4, -0.2) is 51.8 Å². The van der Waals surface area contributed by atoms with E-state index in [-0.39, 0.29) is 11.8 Å². The summed E-state index contributed by atoms with van der Waals surface area (Å²) in [5.74, 6) is 0.709. The van der Waals surface area contributed by atoms with E-state index in [9.17, 15) is 9.00 Å². The van der Waals surface area contributed by atoms with E-state index in [1.807, 2.05) is 24.0 Å². The zero-order valence-corrected chi connectivity index (χ0v) is 15.9. The van der Waals surface area contributed by atoms with Gasteiger partial charge in [-0.2, -0.15) is 0 Å². The van der Waals surface area contributed by atoms with Crippen molar-refractivity contribution in [2.24, 2.45) is 0 Å². The smallest absolute Gasteiger partial charge is 0.230 e. The predicted molar refractivity (Wildman–Crippen MR) is 99.3 cm³/mol. The molecule has 1 atom stereocenters. The van der Waals surface area contributed by atoms with Crippen LogP contribution in [0, 0.1) is 4.78 Å². The Morgan fingerprint density at radius 3 is 2.56 bits per heavy atom. The maximum absolute atomic E-state index is 13.0. The third-order valence-electron chi connectivity index (χ3n) is 5.59. The molecule has 138 valence electrons. The van der Waals surface area contributed by atoms with E-state index >= 15 is 0 Å². The molecule has 0 radical (unpaired) electrons. The first-order chi connectivity index (χ1) is 11.8. The number of rotatable bonds is 3. The van der Waals surface area contributed by atoms with Gasteiger partial charge in [0.15, 0.2) is 0 Å². The molecule has 0 bridgehead atoms. The van der Waals surface area contributed by atoms with Gasteiger partial charge >= 0.3 is 0 Å². The third kappa shape index (κ3) is 4.06. The highest BCUT2D eigenvalue weighted by Gasteiger charge is 2.42. The average Bonchev–Trinajstić information content (AvgIpc) is 2.64. The molecule has 1 unspecified atom stereocenters. The molecule has 1 spiro atoms. The van der Waals surface area contributed by atoms with Crippen LogP contribution in [-0.2, 0) is 25.7 Å². The van der Waals surface area contributed by atoms with Gasteiger partial charge in [-0.1, -0.05) is 31.2 Å². The SMILES string of the molecule is CCc1ccc(C(C)C(=O)N2CCOC3(CCS(=N)(=O)CC3)C2)cc1. The van der Waals surface area contributed by atoms with Crippen molar-refractivity contribution in [3.8, 4) is 0 Å². The predicted octanol–water partition coefficient (Wildman–Crippen LogP) is 2.79. The molecule has 3 rings (SSSR count). The zero-order chi connectivity index (χ0) is 18.1. The van der Waals surface area contributed by atoms with E-state index in [0.717, 1.165) is 12.0 Å². The van der Waals surface area contributed by atoms with Crippen molar-refractivity contribution in [3.05, 3.63) is 35.4 Å². The van der Waals surface area contributed by atoms with Crippen LogP contribution in [0.1, 0.15) is 43.7 Å². The number of benzene rings is 1. The maximum atomic E-state index is 13.0. The summed E-state index contributed by atoms with van der Waals surface area (Å²) in [6.45, 7) is 5.76. The quantitative estimate of drug-likeness (QED) is 0.896. The van der Waals surface area contributed by atoms with Gasteiger partial charge in [-0.15, -0.1) is 0 Å². The Morgan fingerprint density at radius 2 is 1.96 bits per heavy atom. The summed E-state index contributed by atoms with van der Waals surface area (Å²) in [6, 6.07) is 8.28. The van der Waals surface area contributed by atoms with E-state index in [0.29, 0.717) is 44.0 Å². The molecule has 1 amide bonds. The lowest BCUT2D eigenvalue weighted by molar-refractivity contribution is -0.153. The summed E-state index contributed by atoms with van der Waals surface area (Å²) in [5, 5.41) is 0. The van der Waals surface area contributed by atoms with Crippen molar-refractivity contribution < 1.29 is 13.7 Å². The van der Waals surface area contributed by atoms with Gasteiger partial charge < -0.3 is 9.64 Å². The molecular formula is C19H28N2O3S. The molecular weight excluding hydrogens is 336 g/mol. The molecule has 2 saturated heterocycles. The number of hydrogen-bond donors (Lipinski definition) is 1. The van der Waals surface area contributed by atoms with Gasteiger partial charge in [0.05, 0.1) is 18.1 Å². The fraction of sp³-hybridized carbons (Fsp3) is 0.632. The Morgan fingerprint density at radius 1 is 1.32 bits per heavy atom. The van der Waals surface area contributed by atoms with Crippen LogP contribution in [0.4, 0.5) is 0 Å². The van der Waals surface area contributed by atoms with Gasteiger partial charge in [0.2, 0.25) is 5.91 Å². The molecule has 2 aliphatic rings. The normalized spacial score (nSPS) is 31.0. The topological polar surface area (TPSA) is 70.5 Å². The largest absolute Gasteiger partial charge is 0.371 e. The number of carbonyl (C=O) groups excluding carboxylic acids is 1. The van der Waals surface area contributed by atoms with Gasteiger partial charge in [-0.25, -0.2) is 4.21 Å². The second-order valence-electron chi connectivity index (χ2n) is 7.33. The number of ether oxygens (including phenoxy) is 1. The number of hydrogen-bond acceptors (Lipinski definition) is 4. The summed E-state index contributed by atoms with van der Waals surface area (Å²) in [4.78, 5) is 14.9. The lowest BCUT2D eigenvalue weighted by atomic mass is 9.92. The number of morpholine rings is 1. The highest BCUT2D eigenvalue weighted by Crippen LogP contribution is 2.32. The van der Waals surface area contributed by atoms with Crippen molar-refractivity contribution in [2.75, 3.05) is 31.2 Å². The Balaban J connectivity index is 1.69. The summed E-state index contributed by atoms with van der Waals surface area (Å²) < 4.78 is 25.7. The van der Waals surface area contributed by atoms with Crippen molar-refractivity contribution in [1.29, 1.82) is 4.78 Å². The highest BCUT2D eigenvalue weighted by atomic mass is 32.2. The van der Waals surface area contributed by atoms with Crippen LogP contribution in [0.5, 0.6) is 0 Å². The molecule has 6 heteroatoms. The van der Waals surface area contributed by atoms with Crippen LogP contribution in [0.25, 0.3) is 0 Å². The first-order valence-corrected chi connectivity index (χ1v) is 11.0. The van der Waals surface area contributed by atoms with E-state index in [1.54, 1.807) is 0 Å². The Bertz CT molecular complexity index is 714. The van der Waals surface area contributed by atoms with Crippen molar-refractivity contribution in [3.63, 3.8) is 0 Å². The van der Waals surface area contributed by atoms with Crippen LogP contribution in [0.15, 0.2) is 24.3 Å². The highest BCUT2D eigenvalue weighted by molar-refractivity contribution is 7.92. The fourth-order valence-corrected chi connectivity index (χ4v) is 5.33. The molecule has 0 aromatic heterocycles. The Kier molecular flexibility index (Phi) is 5.21. The standard InChI is InChI=1S/C19H28N2O3S/c1-3-16-4-6-17(7-5-16)15(2)18(22)21-10-11-24-19(14-21)8-12-25(20,23)13-9-19/h4-7,15,20H,3,8-14H2,1-2H3. The minimum atomic E-state index is -2.45. The second-order valence-corrected chi connectivity index (χ2v) is 9.77. The van der Waals surface area contributed by atoms with E-state index < -0.39 is 15.3 Å².